The summed E-state index contributed by atoms with van der Waals surface area (Å²) < 4.78 is 30.5. The highest BCUT2D eigenvalue weighted by molar-refractivity contribution is 6.08. The lowest BCUT2D eigenvalue weighted by atomic mass is 10.1. The first-order valence-electron chi connectivity index (χ1n) is 11.5. The number of ether oxygens (including phenoxy) is 2. The molecule has 0 atom stereocenters. The number of aliphatic imine (C=N–C) groups is 1. The molecule has 37 heavy (non-hydrogen) atoms. The Balaban J connectivity index is 1.34. The number of methoxy groups -OCH3 is 1. The smallest absolute Gasteiger partial charge is 0.254 e. The lowest BCUT2D eigenvalue weighted by Crippen LogP contribution is -2.28. The van der Waals surface area contributed by atoms with Gasteiger partial charge in [-0.25, -0.2) is 4.39 Å². The molecule has 3 heterocycles. The van der Waals surface area contributed by atoms with Crippen LogP contribution in [0.3, 0.4) is 0 Å². The number of nitrogens with two attached hydrogens (primary N) is 1. The topological polar surface area (TPSA) is 132 Å². The molecule has 0 saturated carbocycles. The third-order valence-electron chi connectivity index (χ3n) is 6.16. The maximum atomic E-state index is 14.6. The van der Waals surface area contributed by atoms with Crippen LogP contribution < -0.4 is 10.5 Å². The number of nitrogens with one attached hydrogen (secondary N) is 1. The molecule has 0 bridgehead atoms. The highest BCUT2D eigenvalue weighted by Gasteiger charge is 2.27. The first kappa shape index (κ1) is 24.2. The summed E-state index contributed by atoms with van der Waals surface area (Å²) >= 11 is 0. The van der Waals surface area contributed by atoms with Crippen LogP contribution in [-0.2, 0) is 4.74 Å². The second-order valence-corrected chi connectivity index (χ2v) is 8.42. The molecule has 4 aromatic rings. The van der Waals surface area contributed by atoms with Gasteiger partial charge < -0.3 is 24.6 Å². The van der Waals surface area contributed by atoms with Gasteiger partial charge in [0.05, 0.1) is 24.4 Å². The first-order chi connectivity index (χ1) is 18.0. The molecular weight excluding hydrogens is 479 g/mol. The van der Waals surface area contributed by atoms with E-state index in [0.717, 1.165) is 16.8 Å². The fraction of sp³-hybridized carbons (Fsp3) is 0.231. The molecule has 11 heteroatoms. The van der Waals surface area contributed by atoms with Crippen LogP contribution in [0, 0.1) is 5.82 Å². The molecule has 10 nitrogen and oxygen atoms in total. The summed E-state index contributed by atoms with van der Waals surface area (Å²) in [6.45, 7) is 1.43. The van der Waals surface area contributed by atoms with Gasteiger partial charge in [0.25, 0.3) is 5.91 Å². The van der Waals surface area contributed by atoms with Gasteiger partial charge >= 0.3 is 0 Å². The molecule has 0 unspecified atom stereocenters. The standard InChI is InChI=1S/C26H25FN6O4/c1-29-22-14-33(13-17(22)12-28)26(34)16-5-3-15(4-6-16)20-10-24(37-32-20)25-18-9-19(27)23(36-8-7-35-2)11-21(18)30-31-25/h3-6,9-12H,7-8,13-14,28H2,1-2H3,(H,30,31)/b17-12-,29-22?. The number of rotatable bonds is 7. The molecule has 190 valence electrons. The molecule has 5 rings (SSSR count). The van der Waals surface area contributed by atoms with Gasteiger partial charge in [-0.2, -0.15) is 5.10 Å². The Bertz CT molecular complexity index is 1490. The van der Waals surface area contributed by atoms with E-state index in [0.29, 0.717) is 53.3 Å². The van der Waals surface area contributed by atoms with Crippen LogP contribution in [0.25, 0.3) is 33.6 Å². The average molecular weight is 505 g/mol. The normalized spacial score (nSPS) is 15.8. The summed E-state index contributed by atoms with van der Waals surface area (Å²) in [6, 6.07) is 11.7. The van der Waals surface area contributed by atoms with Crippen molar-refractivity contribution in [1.29, 1.82) is 0 Å². The molecule has 0 radical (unpaired) electrons. The monoisotopic (exact) mass is 504 g/mol. The van der Waals surface area contributed by atoms with Crippen LogP contribution in [-0.4, -0.2) is 72.3 Å². The number of halogens is 1. The Labute approximate surface area is 211 Å². The molecule has 0 spiro atoms. The summed E-state index contributed by atoms with van der Waals surface area (Å²) in [6.07, 6.45) is 1.49. The van der Waals surface area contributed by atoms with E-state index in [1.54, 1.807) is 55.5 Å². The summed E-state index contributed by atoms with van der Waals surface area (Å²) in [5.41, 5.74) is 10.2. The fourth-order valence-electron chi connectivity index (χ4n) is 4.18. The predicted octanol–water partition coefficient (Wildman–Crippen LogP) is 3.42. The number of hydrogen-bond acceptors (Lipinski definition) is 8. The van der Waals surface area contributed by atoms with Crippen molar-refractivity contribution >= 4 is 22.5 Å². The predicted molar refractivity (Wildman–Crippen MR) is 136 cm³/mol. The van der Waals surface area contributed by atoms with Gasteiger partial charge in [0.1, 0.15) is 18.0 Å². The zero-order valence-electron chi connectivity index (χ0n) is 20.3. The molecule has 1 amide bonds. The third-order valence-corrected chi connectivity index (χ3v) is 6.16. The fourth-order valence-corrected chi connectivity index (χ4v) is 4.18. The van der Waals surface area contributed by atoms with E-state index in [1.807, 2.05) is 0 Å². The summed E-state index contributed by atoms with van der Waals surface area (Å²) in [5.74, 6) is -0.148. The van der Waals surface area contributed by atoms with Crippen molar-refractivity contribution in [1.82, 2.24) is 20.3 Å². The van der Waals surface area contributed by atoms with Gasteiger partial charge in [0, 0.05) is 61.1 Å². The van der Waals surface area contributed by atoms with E-state index in [4.69, 9.17) is 19.7 Å². The van der Waals surface area contributed by atoms with Crippen LogP contribution in [0.15, 0.2) is 63.8 Å². The number of nitrogens with zero attached hydrogens (tertiary/aromatic N) is 4. The highest BCUT2D eigenvalue weighted by Crippen LogP contribution is 2.33. The van der Waals surface area contributed by atoms with E-state index >= 15 is 0 Å². The summed E-state index contributed by atoms with van der Waals surface area (Å²) in [5, 5.41) is 11.8. The lowest BCUT2D eigenvalue weighted by molar-refractivity contribution is 0.0804. The SMILES string of the molecule is CN=C1CN(C(=O)c2ccc(-c3cc(-c4n[nH]c5cc(OCCOC)c(F)cc45)on3)cc2)C/C1=C/N. The second-order valence-electron chi connectivity index (χ2n) is 8.42. The van der Waals surface area contributed by atoms with Crippen molar-refractivity contribution in [2.24, 2.45) is 10.7 Å². The first-order valence-corrected chi connectivity index (χ1v) is 11.5. The minimum absolute atomic E-state index is 0.107. The molecule has 2 aromatic carbocycles. The maximum absolute atomic E-state index is 14.6. The van der Waals surface area contributed by atoms with Crippen molar-refractivity contribution in [2.45, 2.75) is 0 Å². The van der Waals surface area contributed by atoms with E-state index in [2.05, 4.69) is 20.3 Å². The Morgan fingerprint density at radius 2 is 2.05 bits per heavy atom. The molecule has 1 saturated heterocycles. The Kier molecular flexibility index (Phi) is 6.69. The highest BCUT2D eigenvalue weighted by atomic mass is 19.1. The minimum Gasteiger partial charge on any atom is -0.488 e. The van der Waals surface area contributed by atoms with Crippen LogP contribution in [0.5, 0.6) is 5.75 Å². The van der Waals surface area contributed by atoms with E-state index in [1.165, 1.54) is 12.3 Å². The number of fused-ring (bicyclic) bond motifs is 1. The quantitative estimate of drug-likeness (QED) is 0.369. The molecule has 3 N–H and O–H groups in total. The molecule has 1 fully saturated rings. The Morgan fingerprint density at radius 3 is 2.76 bits per heavy atom. The van der Waals surface area contributed by atoms with Crippen molar-refractivity contribution in [3.8, 4) is 28.5 Å². The van der Waals surface area contributed by atoms with E-state index in [-0.39, 0.29) is 18.3 Å². The largest absolute Gasteiger partial charge is 0.488 e. The lowest BCUT2D eigenvalue weighted by Gasteiger charge is -2.14. The molecular formula is C26H25FN6O4. The molecule has 1 aliphatic heterocycles. The van der Waals surface area contributed by atoms with Crippen molar-refractivity contribution in [3.63, 3.8) is 0 Å². The van der Waals surface area contributed by atoms with E-state index < -0.39 is 5.82 Å². The van der Waals surface area contributed by atoms with Gasteiger partial charge in [-0.15, -0.1) is 0 Å². The maximum Gasteiger partial charge on any atom is 0.254 e. The van der Waals surface area contributed by atoms with Gasteiger partial charge in [-0.1, -0.05) is 17.3 Å². The number of amides is 1. The number of aromatic nitrogens is 3. The van der Waals surface area contributed by atoms with Crippen LogP contribution >= 0.6 is 0 Å². The second kappa shape index (κ2) is 10.2. The number of carbonyl (C=O) groups is 1. The van der Waals surface area contributed by atoms with Gasteiger partial charge in [0.15, 0.2) is 17.3 Å². The number of aromatic amines is 1. The van der Waals surface area contributed by atoms with Gasteiger partial charge in [0.2, 0.25) is 0 Å². The van der Waals surface area contributed by atoms with Crippen molar-refractivity contribution in [2.75, 3.05) is 40.5 Å². The zero-order valence-corrected chi connectivity index (χ0v) is 20.3. The number of likely N-dealkylation sites (tertiary alicyclic amines) is 1. The molecule has 1 aliphatic rings. The zero-order chi connectivity index (χ0) is 25.9. The van der Waals surface area contributed by atoms with Gasteiger partial charge in [-0.3, -0.25) is 14.9 Å². The van der Waals surface area contributed by atoms with Crippen molar-refractivity contribution in [3.05, 3.63) is 65.6 Å². The number of H-pyrrole nitrogens is 1. The summed E-state index contributed by atoms with van der Waals surface area (Å²) in [7, 11) is 3.23. The Morgan fingerprint density at radius 1 is 1.24 bits per heavy atom. The van der Waals surface area contributed by atoms with E-state index in [9.17, 15) is 9.18 Å². The third kappa shape index (κ3) is 4.68. The minimum atomic E-state index is -0.518. The summed E-state index contributed by atoms with van der Waals surface area (Å²) in [4.78, 5) is 18.8. The molecule has 0 aliphatic carbocycles. The van der Waals surface area contributed by atoms with Gasteiger partial charge in [-0.05, 0) is 18.2 Å². The average Bonchev–Trinajstić information content (AvgIpc) is 3.66. The molecule has 2 aromatic heterocycles. The van der Waals surface area contributed by atoms with Crippen molar-refractivity contribution < 1.29 is 23.2 Å². The van der Waals surface area contributed by atoms with Crippen LogP contribution in [0.4, 0.5) is 4.39 Å². The number of carbonyl (C=O) groups excluding carboxylic acids is 1. The number of benzene rings is 2. The number of hydrogen-bond donors (Lipinski definition) is 2. The van der Waals surface area contributed by atoms with Crippen LogP contribution in [0.2, 0.25) is 0 Å². The Hall–Kier alpha value is -4.51. The van der Waals surface area contributed by atoms with Crippen LogP contribution in [0.1, 0.15) is 10.4 Å².